The van der Waals surface area contributed by atoms with Crippen LogP contribution in [0.4, 0.5) is 0 Å². The van der Waals surface area contributed by atoms with Crippen molar-refractivity contribution in [1.29, 1.82) is 0 Å². The Labute approximate surface area is 59.7 Å². The largest absolute Gasteiger partial charge is 0.393 e. The first-order valence-electron chi connectivity index (χ1n) is 3.50. The third-order valence-electron chi connectivity index (χ3n) is 1.95. The predicted molar refractivity (Wildman–Crippen MR) is 35.4 cm³/mol. The highest BCUT2D eigenvalue weighted by molar-refractivity contribution is 5.84. The van der Waals surface area contributed by atoms with Crippen molar-refractivity contribution < 1.29 is 15.0 Å². The fraction of sp³-hybridized carbons (Fsp3) is 0.857. The molecule has 1 rings (SSSR count). The number of Topliss-reactive ketones (excluding diaryl/α,β-unsaturated/α-hetero) is 1. The van der Waals surface area contributed by atoms with Crippen molar-refractivity contribution in [3.05, 3.63) is 0 Å². The third-order valence-corrected chi connectivity index (χ3v) is 1.95. The SMILES string of the molecule is CC1CC(O)CC(=O)C1O. The molecule has 0 amide bonds. The van der Waals surface area contributed by atoms with E-state index in [1.54, 1.807) is 6.92 Å². The van der Waals surface area contributed by atoms with Crippen molar-refractivity contribution in [3.8, 4) is 0 Å². The van der Waals surface area contributed by atoms with Gasteiger partial charge >= 0.3 is 0 Å². The van der Waals surface area contributed by atoms with Gasteiger partial charge in [-0.05, 0) is 12.3 Å². The normalized spacial score (nSPS) is 41.9. The quantitative estimate of drug-likeness (QED) is 0.491. The second-order valence-electron chi connectivity index (χ2n) is 2.98. The van der Waals surface area contributed by atoms with Gasteiger partial charge in [-0.15, -0.1) is 0 Å². The Kier molecular flexibility index (Phi) is 2.06. The molecule has 0 saturated heterocycles. The number of hydrogen-bond acceptors (Lipinski definition) is 3. The summed E-state index contributed by atoms with van der Waals surface area (Å²) in [7, 11) is 0. The fourth-order valence-corrected chi connectivity index (χ4v) is 1.31. The maximum Gasteiger partial charge on any atom is 0.164 e. The van der Waals surface area contributed by atoms with Gasteiger partial charge in [0.1, 0.15) is 6.10 Å². The van der Waals surface area contributed by atoms with Crippen molar-refractivity contribution in [2.45, 2.75) is 32.0 Å². The van der Waals surface area contributed by atoms with Gasteiger partial charge in [0.15, 0.2) is 5.78 Å². The van der Waals surface area contributed by atoms with Gasteiger partial charge in [-0.1, -0.05) is 6.92 Å². The van der Waals surface area contributed by atoms with Crippen LogP contribution in [-0.2, 0) is 4.79 Å². The van der Waals surface area contributed by atoms with Gasteiger partial charge in [0, 0.05) is 6.42 Å². The average molecular weight is 144 g/mol. The maximum atomic E-state index is 10.8. The first-order valence-corrected chi connectivity index (χ1v) is 3.50. The van der Waals surface area contributed by atoms with Crippen LogP contribution in [0.1, 0.15) is 19.8 Å². The molecular weight excluding hydrogens is 132 g/mol. The van der Waals surface area contributed by atoms with Crippen LogP contribution in [0.3, 0.4) is 0 Å². The van der Waals surface area contributed by atoms with Crippen LogP contribution in [-0.4, -0.2) is 28.2 Å². The number of rotatable bonds is 0. The lowest BCUT2D eigenvalue weighted by Crippen LogP contribution is -2.38. The van der Waals surface area contributed by atoms with Gasteiger partial charge in [-0.3, -0.25) is 4.79 Å². The Morgan fingerprint density at radius 1 is 1.50 bits per heavy atom. The summed E-state index contributed by atoms with van der Waals surface area (Å²) in [6.45, 7) is 1.77. The lowest BCUT2D eigenvalue weighted by atomic mass is 9.85. The molecule has 58 valence electrons. The monoisotopic (exact) mass is 144 g/mol. The zero-order valence-electron chi connectivity index (χ0n) is 5.95. The summed E-state index contributed by atoms with van der Waals surface area (Å²) in [6.07, 6.45) is -0.729. The highest BCUT2D eigenvalue weighted by Gasteiger charge is 2.31. The Hall–Kier alpha value is -0.410. The lowest BCUT2D eigenvalue weighted by Gasteiger charge is -2.26. The molecule has 0 aromatic rings. The van der Waals surface area contributed by atoms with E-state index in [1.807, 2.05) is 0 Å². The molecule has 2 N–H and O–H groups in total. The summed E-state index contributed by atoms with van der Waals surface area (Å²) in [5, 5.41) is 18.1. The molecule has 0 aromatic carbocycles. The van der Waals surface area contributed by atoms with Gasteiger partial charge in [0.25, 0.3) is 0 Å². The van der Waals surface area contributed by atoms with Crippen LogP contribution >= 0.6 is 0 Å². The molecule has 0 heterocycles. The van der Waals surface area contributed by atoms with E-state index in [4.69, 9.17) is 10.2 Å². The second kappa shape index (κ2) is 2.68. The van der Waals surface area contributed by atoms with E-state index in [1.165, 1.54) is 0 Å². The summed E-state index contributed by atoms with van der Waals surface area (Å²) < 4.78 is 0. The molecule has 3 heteroatoms. The lowest BCUT2D eigenvalue weighted by molar-refractivity contribution is -0.136. The molecule has 1 aliphatic rings. The minimum absolute atomic E-state index is 0.0868. The van der Waals surface area contributed by atoms with E-state index >= 15 is 0 Å². The summed E-state index contributed by atoms with van der Waals surface area (Å²) in [6, 6.07) is 0. The van der Waals surface area contributed by atoms with Crippen molar-refractivity contribution in [2.75, 3.05) is 0 Å². The molecule has 10 heavy (non-hydrogen) atoms. The highest BCUT2D eigenvalue weighted by atomic mass is 16.3. The van der Waals surface area contributed by atoms with E-state index in [0.29, 0.717) is 6.42 Å². The molecule has 0 radical (unpaired) electrons. The van der Waals surface area contributed by atoms with E-state index < -0.39 is 12.2 Å². The van der Waals surface area contributed by atoms with Gasteiger partial charge < -0.3 is 10.2 Å². The Bertz CT molecular complexity index is 144. The number of carbonyl (C=O) groups excluding carboxylic acids is 1. The molecule has 0 aliphatic heterocycles. The molecule has 0 spiro atoms. The van der Waals surface area contributed by atoms with Crippen molar-refractivity contribution in [3.63, 3.8) is 0 Å². The Morgan fingerprint density at radius 3 is 2.60 bits per heavy atom. The zero-order chi connectivity index (χ0) is 7.72. The van der Waals surface area contributed by atoms with Gasteiger partial charge in [0.2, 0.25) is 0 Å². The van der Waals surface area contributed by atoms with E-state index in [9.17, 15) is 4.79 Å². The summed E-state index contributed by atoms with van der Waals surface area (Å²) in [5.74, 6) is -0.317. The van der Waals surface area contributed by atoms with Crippen LogP contribution < -0.4 is 0 Å². The van der Waals surface area contributed by atoms with E-state index in [2.05, 4.69) is 0 Å². The highest BCUT2D eigenvalue weighted by Crippen LogP contribution is 2.21. The smallest absolute Gasteiger partial charge is 0.164 e. The number of carbonyl (C=O) groups is 1. The molecule has 3 atom stereocenters. The summed E-state index contributed by atoms with van der Waals surface area (Å²) in [4.78, 5) is 10.8. The van der Waals surface area contributed by atoms with Crippen LogP contribution in [0.25, 0.3) is 0 Å². The standard InChI is InChI=1S/C7H12O3/c1-4-2-5(8)3-6(9)7(4)10/h4-5,7-8,10H,2-3H2,1H3. The maximum absolute atomic E-state index is 10.8. The van der Waals surface area contributed by atoms with Gasteiger partial charge in [0.05, 0.1) is 6.10 Å². The Balaban J connectivity index is 2.57. The molecule has 3 nitrogen and oxygen atoms in total. The van der Waals surface area contributed by atoms with Crippen LogP contribution in [0, 0.1) is 5.92 Å². The molecular formula is C7H12O3. The minimum Gasteiger partial charge on any atom is -0.393 e. The Morgan fingerprint density at radius 2 is 2.10 bits per heavy atom. The van der Waals surface area contributed by atoms with E-state index in [0.717, 1.165) is 0 Å². The number of aliphatic hydroxyl groups excluding tert-OH is 2. The molecule has 1 aliphatic carbocycles. The van der Waals surface area contributed by atoms with Crippen molar-refractivity contribution in [1.82, 2.24) is 0 Å². The minimum atomic E-state index is -0.844. The summed E-state index contributed by atoms with van der Waals surface area (Å²) in [5.41, 5.74) is 0. The topological polar surface area (TPSA) is 57.5 Å². The zero-order valence-corrected chi connectivity index (χ0v) is 5.95. The van der Waals surface area contributed by atoms with Crippen LogP contribution in [0.5, 0.6) is 0 Å². The van der Waals surface area contributed by atoms with Crippen LogP contribution in [0.2, 0.25) is 0 Å². The predicted octanol–water partition coefficient (Wildman–Crippen LogP) is -0.293. The number of aliphatic hydroxyl groups is 2. The van der Waals surface area contributed by atoms with Crippen LogP contribution in [0.15, 0.2) is 0 Å². The molecule has 3 unspecified atom stereocenters. The molecule has 1 saturated carbocycles. The van der Waals surface area contributed by atoms with Gasteiger partial charge in [-0.25, -0.2) is 0 Å². The van der Waals surface area contributed by atoms with Gasteiger partial charge in [-0.2, -0.15) is 0 Å². The molecule has 1 fully saturated rings. The van der Waals surface area contributed by atoms with Crippen molar-refractivity contribution in [2.24, 2.45) is 5.92 Å². The second-order valence-corrected chi connectivity index (χ2v) is 2.98. The van der Waals surface area contributed by atoms with E-state index in [-0.39, 0.29) is 18.1 Å². The first kappa shape index (κ1) is 7.69. The first-order chi connectivity index (χ1) is 4.61. The molecule has 0 bridgehead atoms. The third kappa shape index (κ3) is 1.36. The molecule has 0 aromatic heterocycles. The summed E-state index contributed by atoms with van der Waals surface area (Å²) >= 11 is 0. The fourth-order valence-electron chi connectivity index (χ4n) is 1.31. The number of ketones is 1. The average Bonchev–Trinajstić information content (AvgIpc) is 1.82. The number of hydrogen-bond donors (Lipinski definition) is 2. The van der Waals surface area contributed by atoms with Crippen molar-refractivity contribution >= 4 is 5.78 Å².